The second-order valence-corrected chi connectivity index (χ2v) is 3.76. The fourth-order valence-electron chi connectivity index (χ4n) is 0.619. The van der Waals surface area contributed by atoms with Crippen LogP contribution in [0.1, 0.15) is 18.9 Å². The molecular weight excluding hydrogens is 146 g/mol. The first-order valence-electron chi connectivity index (χ1n) is 3.15. The van der Waals surface area contributed by atoms with Crippen molar-refractivity contribution in [2.75, 3.05) is 6.61 Å². The quantitative estimate of drug-likeness (QED) is 0.643. The van der Waals surface area contributed by atoms with Crippen LogP contribution in [0, 0.1) is 0 Å². The van der Waals surface area contributed by atoms with Crippen molar-refractivity contribution < 1.29 is 5.11 Å². The van der Waals surface area contributed by atoms with E-state index >= 15 is 0 Å². The Bertz CT molecular complexity index is 193. The molecule has 0 saturated heterocycles. The highest BCUT2D eigenvalue weighted by Gasteiger charge is 2.22. The normalized spacial score (nSPS) is 11.9. The van der Waals surface area contributed by atoms with Gasteiger partial charge >= 0.3 is 0 Å². The molecule has 0 aliphatic carbocycles. The van der Waals surface area contributed by atoms with E-state index in [1.165, 1.54) is 0 Å². The van der Waals surface area contributed by atoms with Gasteiger partial charge in [0.15, 0.2) is 0 Å². The minimum Gasteiger partial charge on any atom is -0.249 e. The van der Waals surface area contributed by atoms with Crippen molar-refractivity contribution in [1.82, 2.24) is 4.98 Å². The van der Waals surface area contributed by atoms with Crippen LogP contribution in [0.15, 0.2) is 11.6 Å². The number of hydrogen-bond donors (Lipinski definition) is 0. The Morgan fingerprint density at radius 1 is 1.70 bits per heavy atom. The summed E-state index contributed by atoms with van der Waals surface area (Å²) < 4.78 is 0. The third-order valence-corrected chi connectivity index (χ3v) is 2.51. The van der Waals surface area contributed by atoms with Crippen molar-refractivity contribution in [3.05, 3.63) is 16.6 Å². The lowest BCUT2D eigenvalue weighted by Crippen LogP contribution is -2.20. The largest absolute Gasteiger partial charge is 0.249 e. The van der Waals surface area contributed by atoms with Crippen molar-refractivity contribution in [2.45, 2.75) is 19.3 Å². The summed E-state index contributed by atoms with van der Waals surface area (Å²) in [7, 11) is 0. The van der Waals surface area contributed by atoms with E-state index in [-0.39, 0.29) is 12.0 Å². The fraction of sp³-hybridized carbons (Fsp3) is 0.571. The molecule has 0 amide bonds. The molecule has 2 nitrogen and oxygen atoms in total. The molecule has 10 heavy (non-hydrogen) atoms. The highest BCUT2D eigenvalue weighted by Crippen LogP contribution is 2.23. The summed E-state index contributed by atoms with van der Waals surface area (Å²) in [6.07, 6.45) is 1.73. The van der Waals surface area contributed by atoms with Gasteiger partial charge in [-0.2, -0.15) is 0 Å². The van der Waals surface area contributed by atoms with Crippen LogP contribution in [0.25, 0.3) is 0 Å². The van der Waals surface area contributed by atoms with Crippen LogP contribution < -0.4 is 0 Å². The maximum absolute atomic E-state index is 10.6. The average Bonchev–Trinajstić information content (AvgIpc) is 2.38. The lowest BCUT2D eigenvalue weighted by atomic mass is 9.96. The van der Waals surface area contributed by atoms with Gasteiger partial charge in [0, 0.05) is 17.0 Å². The lowest BCUT2D eigenvalue weighted by molar-refractivity contribution is 0.137. The first kappa shape index (κ1) is 7.69. The van der Waals surface area contributed by atoms with Crippen LogP contribution in [0.3, 0.4) is 0 Å². The maximum Gasteiger partial charge on any atom is 0.101 e. The molecule has 0 fully saturated rings. The molecule has 0 spiro atoms. The van der Waals surface area contributed by atoms with Crippen LogP contribution >= 0.6 is 11.3 Å². The van der Waals surface area contributed by atoms with Crippen LogP contribution in [-0.2, 0) is 10.5 Å². The summed E-state index contributed by atoms with van der Waals surface area (Å²) in [5, 5.41) is 13.4. The van der Waals surface area contributed by atoms with E-state index < -0.39 is 0 Å². The number of hydrogen-bond acceptors (Lipinski definition) is 2. The molecule has 1 heterocycles. The molecule has 1 aromatic heterocycles. The zero-order valence-corrected chi connectivity index (χ0v) is 6.94. The minimum atomic E-state index is -0.284. The molecule has 0 aromatic carbocycles. The van der Waals surface area contributed by atoms with E-state index in [2.05, 4.69) is 4.98 Å². The smallest absolute Gasteiger partial charge is 0.101 e. The van der Waals surface area contributed by atoms with Crippen LogP contribution in [0.5, 0.6) is 0 Å². The Hall–Kier alpha value is -0.410. The third kappa shape index (κ3) is 1.36. The Morgan fingerprint density at radius 3 is 2.80 bits per heavy atom. The Labute approximate surface area is 64.5 Å². The van der Waals surface area contributed by atoms with Gasteiger partial charge in [-0.05, 0) is 0 Å². The van der Waals surface area contributed by atoms with Crippen molar-refractivity contribution in [3.8, 4) is 0 Å². The van der Waals surface area contributed by atoms with Gasteiger partial charge in [-0.25, -0.2) is 10.1 Å². The highest BCUT2D eigenvalue weighted by molar-refractivity contribution is 7.09. The van der Waals surface area contributed by atoms with Gasteiger partial charge in [-0.3, -0.25) is 0 Å². The van der Waals surface area contributed by atoms with Crippen molar-refractivity contribution in [1.29, 1.82) is 0 Å². The maximum atomic E-state index is 10.6. The number of rotatable bonds is 2. The molecule has 0 N–H and O–H groups in total. The Kier molecular flexibility index (Phi) is 2.06. The number of nitrogens with zero attached hydrogens (tertiary/aromatic N) is 1. The molecule has 1 rings (SSSR count). The molecule has 0 unspecified atom stereocenters. The van der Waals surface area contributed by atoms with Gasteiger partial charge in [0.05, 0.1) is 6.61 Å². The van der Waals surface area contributed by atoms with Gasteiger partial charge in [-0.15, -0.1) is 11.3 Å². The van der Waals surface area contributed by atoms with Crippen LogP contribution in [0.2, 0.25) is 0 Å². The Balaban J connectivity index is 2.85. The molecule has 1 aromatic rings. The van der Waals surface area contributed by atoms with E-state index in [9.17, 15) is 5.11 Å². The number of thiazole rings is 1. The van der Waals surface area contributed by atoms with Crippen LogP contribution in [-0.4, -0.2) is 11.6 Å². The summed E-state index contributed by atoms with van der Waals surface area (Å²) in [5.74, 6) is 0. The van der Waals surface area contributed by atoms with Gasteiger partial charge in [0.25, 0.3) is 0 Å². The fourth-order valence-corrected chi connectivity index (χ4v) is 1.37. The lowest BCUT2D eigenvalue weighted by Gasteiger charge is -2.15. The van der Waals surface area contributed by atoms with Gasteiger partial charge in [0.1, 0.15) is 5.01 Å². The molecule has 0 aliphatic heterocycles. The van der Waals surface area contributed by atoms with Crippen molar-refractivity contribution in [2.24, 2.45) is 0 Å². The Morgan fingerprint density at radius 2 is 2.40 bits per heavy atom. The standard InChI is InChI=1S/C7H10NOS/c1-7(2,5-9)6-8-3-4-10-6/h3-4H,5H2,1-2H3. The first-order valence-corrected chi connectivity index (χ1v) is 4.03. The van der Waals surface area contributed by atoms with Crippen molar-refractivity contribution >= 4 is 11.3 Å². The predicted octanol–water partition coefficient (Wildman–Crippen LogP) is 1.85. The first-order chi connectivity index (χ1) is 4.67. The predicted molar refractivity (Wildman–Crippen MR) is 40.7 cm³/mol. The second-order valence-electron chi connectivity index (χ2n) is 2.87. The SMILES string of the molecule is CC(C)(C[O])c1nccs1. The van der Waals surface area contributed by atoms with E-state index in [0.717, 1.165) is 5.01 Å². The summed E-state index contributed by atoms with van der Waals surface area (Å²) in [4.78, 5) is 4.08. The van der Waals surface area contributed by atoms with Crippen molar-refractivity contribution in [3.63, 3.8) is 0 Å². The molecule has 0 aliphatic rings. The highest BCUT2D eigenvalue weighted by atomic mass is 32.1. The van der Waals surface area contributed by atoms with E-state index in [1.54, 1.807) is 17.5 Å². The molecule has 0 saturated carbocycles. The monoisotopic (exact) mass is 156 g/mol. The molecule has 0 bridgehead atoms. The van der Waals surface area contributed by atoms with E-state index in [1.807, 2.05) is 19.2 Å². The minimum absolute atomic E-state index is 0.0967. The number of aromatic nitrogens is 1. The molecular formula is C7H10NOS. The van der Waals surface area contributed by atoms with Gasteiger partial charge < -0.3 is 0 Å². The summed E-state index contributed by atoms with van der Waals surface area (Å²) in [5.41, 5.74) is -0.284. The summed E-state index contributed by atoms with van der Waals surface area (Å²) in [6.45, 7) is 3.73. The topological polar surface area (TPSA) is 32.8 Å². The average molecular weight is 156 g/mol. The van der Waals surface area contributed by atoms with E-state index in [4.69, 9.17) is 0 Å². The van der Waals surface area contributed by atoms with Crippen LogP contribution in [0.4, 0.5) is 0 Å². The molecule has 0 atom stereocenters. The summed E-state index contributed by atoms with van der Waals surface area (Å²) >= 11 is 1.54. The molecule has 1 radical (unpaired) electrons. The van der Waals surface area contributed by atoms with Gasteiger partial charge in [0.2, 0.25) is 0 Å². The van der Waals surface area contributed by atoms with E-state index in [0.29, 0.717) is 0 Å². The molecule has 3 heteroatoms. The van der Waals surface area contributed by atoms with Gasteiger partial charge in [-0.1, -0.05) is 13.8 Å². The zero-order chi connectivity index (χ0) is 7.61. The second kappa shape index (κ2) is 2.68. The molecule has 55 valence electrons. The summed E-state index contributed by atoms with van der Waals surface area (Å²) in [6, 6.07) is 0. The zero-order valence-electron chi connectivity index (χ0n) is 6.13. The third-order valence-electron chi connectivity index (χ3n) is 1.37.